The minimum Gasteiger partial charge on any atom is -0.508 e. The Morgan fingerprint density at radius 2 is 2.04 bits per heavy atom. The van der Waals surface area contributed by atoms with Gasteiger partial charge in [0.05, 0.1) is 5.57 Å². The van der Waals surface area contributed by atoms with Gasteiger partial charge in [-0.25, -0.2) is 4.68 Å². The van der Waals surface area contributed by atoms with Gasteiger partial charge in [-0.1, -0.05) is 42.5 Å². The lowest BCUT2D eigenvalue weighted by molar-refractivity contribution is -0.118. The Morgan fingerprint density at radius 1 is 1.22 bits per heavy atom. The highest BCUT2D eigenvalue weighted by Gasteiger charge is 2.33. The number of carbonyl (C=O) groups excluding carboxylic acids is 1. The summed E-state index contributed by atoms with van der Waals surface area (Å²) in [5, 5.41) is 20.3. The van der Waals surface area contributed by atoms with Gasteiger partial charge in [0.1, 0.15) is 18.1 Å². The summed E-state index contributed by atoms with van der Waals surface area (Å²) in [5.41, 5.74) is 3.01. The summed E-state index contributed by atoms with van der Waals surface area (Å²) in [7, 11) is 0. The molecule has 1 amide bonds. The van der Waals surface area contributed by atoms with Crippen molar-refractivity contribution in [3.63, 3.8) is 0 Å². The summed E-state index contributed by atoms with van der Waals surface area (Å²) in [5.74, 6) is 0.494. The number of nitrogens with zero attached hydrogens (tertiary/aromatic N) is 3. The highest BCUT2D eigenvalue weighted by Crippen LogP contribution is 2.35. The lowest BCUT2D eigenvalue weighted by Crippen LogP contribution is -2.34. The smallest absolute Gasteiger partial charge is 0.251 e. The maximum absolute atomic E-state index is 13.0. The van der Waals surface area contributed by atoms with Gasteiger partial charge < -0.3 is 15.7 Å². The number of nitrogens with one attached hydrogen (secondary N) is 2. The van der Waals surface area contributed by atoms with Gasteiger partial charge in [0.15, 0.2) is 0 Å². The number of phenols is 1. The molecular weight excluding hydrogens is 342 g/mol. The van der Waals surface area contributed by atoms with E-state index in [1.165, 1.54) is 6.33 Å². The van der Waals surface area contributed by atoms with Crippen LogP contribution in [0.1, 0.15) is 24.1 Å². The van der Waals surface area contributed by atoms with Crippen molar-refractivity contribution in [1.29, 1.82) is 0 Å². The predicted molar refractivity (Wildman–Crippen MR) is 101 cm³/mol. The summed E-state index contributed by atoms with van der Waals surface area (Å²) in [6.07, 6.45) is 1.44. The lowest BCUT2D eigenvalue weighted by atomic mass is 9.95. The Kier molecular flexibility index (Phi) is 4.33. The van der Waals surface area contributed by atoms with Crippen LogP contribution in [0.4, 0.5) is 5.95 Å². The number of aromatic hydroxyl groups is 1. The number of hydrogen-bond donors (Lipinski definition) is 3. The number of aromatic nitrogens is 3. The van der Waals surface area contributed by atoms with Crippen LogP contribution in [0.3, 0.4) is 0 Å². The molecule has 27 heavy (non-hydrogen) atoms. The van der Waals surface area contributed by atoms with E-state index in [0.29, 0.717) is 23.8 Å². The highest BCUT2D eigenvalue weighted by atomic mass is 16.3. The molecule has 0 bridgehead atoms. The Balaban J connectivity index is 1.69. The van der Waals surface area contributed by atoms with Crippen LogP contribution in [-0.2, 0) is 11.3 Å². The number of rotatable bonds is 4. The molecule has 7 heteroatoms. The third kappa shape index (κ3) is 3.27. The summed E-state index contributed by atoms with van der Waals surface area (Å²) < 4.78 is 1.65. The Morgan fingerprint density at radius 3 is 2.81 bits per heavy atom. The molecule has 1 unspecified atom stereocenters. The van der Waals surface area contributed by atoms with Crippen molar-refractivity contribution in [2.75, 3.05) is 5.32 Å². The number of benzene rings is 2. The lowest BCUT2D eigenvalue weighted by Gasteiger charge is -2.28. The van der Waals surface area contributed by atoms with Crippen LogP contribution in [0.25, 0.3) is 0 Å². The average molecular weight is 361 g/mol. The quantitative estimate of drug-likeness (QED) is 0.664. The first-order valence-electron chi connectivity index (χ1n) is 8.62. The van der Waals surface area contributed by atoms with Crippen molar-refractivity contribution >= 4 is 11.9 Å². The Bertz CT molecular complexity index is 1010. The van der Waals surface area contributed by atoms with Gasteiger partial charge in [-0.2, -0.15) is 10.1 Å². The zero-order valence-corrected chi connectivity index (χ0v) is 14.8. The number of phenolic OH excluding ortho intramolecular Hbond substituents is 1. The molecule has 4 rings (SSSR count). The SMILES string of the molecule is CC1=C(C(=O)NCc2ccccc2)C(c2cccc(O)c2)n2ncnc2N1. The van der Waals surface area contributed by atoms with Crippen molar-refractivity contribution in [3.8, 4) is 5.75 Å². The number of fused-ring (bicyclic) bond motifs is 1. The standard InChI is InChI=1S/C20H19N5O2/c1-13-17(19(27)21-11-14-6-3-2-4-7-14)18(15-8-5-9-16(26)10-15)25-20(24-13)22-12-23-25/h2-10,12,18,26H,11H2,1H3,(H,21,27)(H,22,23,24). The highest BCUT2D eigenvalue weighted by molar-refractivity contribution is 5.96. The molecule has 7 nitrogen and oxygen atoms in total. The monoisotopic (exact) mass is 361 g/mol. The summed E-state index contributed by atoms with van der Waals surface area (Å²) in [4.78, 5) is 17.3. The topological polar surface area (TPSA) is 92.1 Å². The molecule has 2 aromatic carbocycles. The van der Waals surface area contributed by atoms with Gasteiger partial charge in [0, 0.05) is 12.2 Å². The fourth-order valence-electron chi connectivity index (χ4n) is 3.26. The van der Waals surface area contributed by atoms with E-state index in [9.17, 15) is 9.90 Å². The van der Waals surface area contributed by atoms with Crippen LogP contribution in [0, 0.1) is 0 Å². The van der Waals surface area contributed by atoms with E-state index in [1.54, 1.807) is 22.9 Å². The third-order valence-electron chi connectivity index (χ3n) is 4.52. The zero-order valence-electron chi connectivity index (χ0n) is 14.8. The van der Waals surface area contributed by atoms with Crippen LogP contribution in [0.2, 0.25) is 0 Å². The molecule has 0 aliphatic carbocycles. The number of hydrogen-bond acceptors (Lipinski definition) is 5. The van der Waals surface area contributed by atoms with Crippen LogP contribution in [0.15, 0.2) is 72.2 Å². The molecule has 0 spiro atoms. The normalized spacial score (nSPS) is 15.8. The summed E-state index contributed by atoms with van der Waals surface area (Å²) in [6, 6.07) is 16.1. The van der Waals surface area contributed by atoms with E-state index in [4.69, 9.17) is 0 Å². The van der Waals surface area contributed by atoms with E-state index in [-0.39, 0.29) is 11.7 Å². The second kappa shape index (κ2) is 6.95. The minimum absolute atomic E-state index is 0.134. The first kappa shape index (κ1) is 16.8. The minimum atomic E-state index is -0.480. The predicted octanol–water partition coefficient (Wildman–Crippen LogP) is 2.59. The molecule has 3 aromatic rings. The molecule has 136 valence electrons. The molecule has 0 fully saturated rings. The van der Waals surface area contributed by atoms with E-state index in [0.717, 1.165) is 11.1 Å². The Hall–Kier alpha value is -3.61. The molecular formula is C20H19N5O2. The largest absolute Gasteiger partial charge is 0.508 e. The van der Waals surface area contributed by atoms with Crippen molar-refractivity contribution in [2.24, 2.45) is 0 Å². The van der Waals surface area contributed by atoms with Crippen molar-refractivity contribution in [3.05, 3.63) is 83.3 Å². The fraction of sp³-hybridized carbons (Fsp3) is 0.150. The van der Waals surface area contributed by atoms with Gasteiger partial charge in [0.25, 0.3) is 5.91 Å². The summed E-state index contributed by atoms with van der Waals surface area (Å²) in [6.45, 7) is 2.26. The third-order valence-corrected chi connectivity index (χ3v) is 4.52. The van der Waals surface area contributed by atoms with Crippen LogP contribution in [-0.4, -0.2) is 25.8 Å². The molecule has 0 saturated heterocycles. The number of anilines is 1. The van der Waals surface area contributed by atoms with E-state index < -0.39 is 6.04 Å². The molecule has 1 aliphatic rings. The molecule has 1 aromatic heterocycles. The summed E-state index contributed by atoms with van der Waals surface area (Å²) >= 11 is 0. The van der Waals surface area contributed by atoms with Crippen molar-refractivity contribution in [2.45, 2.75) is 19.5 Å². The number of allylic oxidation sites excluding steroid dienone is 1. The second-order valence-electron chi connectivity index (χ2n) is 6.36. The first-order chi connectivity index (χ1) is 13.1. The second-order valence-corrected chi connectivity index (χ2v) is 6.36. The maximum Gasteiger partial charge on any atom is 0.251 e. The van der Waals surface area contributed by atoms with Gasteiger partial charge >= 0.3 is 0 Å². The number of carbonyl (C=O) groups is 1. The fourth-order valence-corrected chi connectivity index (χ4v) is 3.26. The average Bonchev–Trinajstić information content (AvgIpc) is 3.13. The first-order valence-corrected chi connectivity index (χ1v) is 8.62. The van der Waals surface area contributed by atoms with Gasteiger partial charge in [0.2, 0.25) is 5.95 Å². The van der Waals surface area contributed by atoms with Crippen LogP contribution >= 0.6 is 0 Å². The molecule has 3 N–H and O–H groups in total. The van der Waals surface area contributed by atoms with Gasteiger partial charge in [-0.05, 0) is 30.2 Å². The molecule has 0 radical (unpaired) electrons. The van der Waals surface area contributed by atoms with Crippen molar-refractivity contribution < 1.29 is 9.90 Å². The number of amides is 1. The maximum atomic E-state index is 13.0. The molecule has 1 atom stereocenters. The van der Waals surface area contributed by atoms with E-state index in [2.05, 4.69) is 20.7 Å². The Labute approximate surface area is 156 Å². The molecule has 1 aliphatic heterocycles. The van der Waals surface area contributed by atoms with Gasteiger partial charge in [-0.15, -0.1) is 0 Å². The van der Waals surface area contributed by atoms with Crippen LogP contribution in [0.5, 0.6) is 5.75 Å². The van der Waals surface area contributed by atoms with Crippen LogP contribution < -0.4 is 10.6 Å². The zero-order chi connectivity index (χ0) is 18.8. The van der Waals surface area contributed by atoms with E-state index >= 15 is 0 Å². The molecule has 0 saturated carbocycles. The van der Waals surface area contributed by atoms with Gasteiger partial charge in [-0.3, -0.25) is 4.79 Å². The van der Waals surface area contributed by atoms with E-state index in [1.807, 2.05) is 43.3 Å². The van der Waals surface area contributed by atoms with Crippen molar-refractivity contribution in [1.82, 2.24) is 20.1 Å². The molecule has 2 heterocycles.